The number of aromatic amines is 1. The number of nitrogens with one attached hydrogen (secondary N) is 1. The molecule has 0 aliphatic carbocycles. The molecule has 0 atom stereocenters. The second-order valence-electron chi connectivity index (χ2n) is 6.54. The van der Waals surface area contributed by atoms with Crippen molar-refractivity contribution in [3.05, 3.63) is 63.8 Å². The summed E-state index contributed by atoms with van der Waals surface area (Å²) in [5, 5.41) is 10.5. The van der Waals surface area contributed by atoms with Gasteiger partial charge in [-0.3, -0.25) is 0 Å². The molecule has 0 saturated carbocycles. The summed E-state index contributed by atoms with van der Waals surface area (Å²) >= 11 is 12.3. The SMILES string of the molecule is Cc1[nH]c(-c2ccc(Cl)cc2Cl)c(-c2ccc(OCCC(F)(F)F)cc2)c1C(=O)O. The van der Waals surface area contributed by atoms with Crippen molar-refractivity contribution in [3.63, 3.8) is 0 Å². The molecule has 158 valence electrons. The fourth-order valence-corrected chi connectivity index (χ4v) is 3.58. The molecule has 2 N–H and O–H groups in total. The Morgan fingerprint density at radius 1 is 1.13 bits per heavy atom. The molecule has 4 nitrogen and oxygen atoms in total. The summed E-state index contributed by atoms with van der Waals surface area (Å²) in [6.45, 7) is 1.13. The molecule has 30 heavy (non-hydrogen) atoms. The Labute approximate surface area is 180 Å². The van der Waals surface area contributed by atoms with Crippen molar-refractivity contribution < 1.29 is 27.8 Å². The zero-order chi connectivity index (χ0) is 22.1. The maximum absolute atomic E-state index is 12.3. The van der Waals surface area contributed by atoms with Crippen molar-refractivity contribution in [3.8, 4) is 28.1 Å². The number of H-pyrrole nitrogens is 1. The molecular formula is C21H16Cl2F3NO3. The topological polar surface area (TPSA) is 62.3 Å². The van der Waals surface area contributed by atoms with Gasteiger partial charge in [-0.05, 0) is 42.8 Å². The second kappa shape index (κ2) is 8.62. The number of carbonyl (C=O) groups is 1. The lowest BCUT2D eigenvalue weighted by Gasteiger charge is -2.11. The van der Waals surface area contributed by atoms with Crippen molar-refractivity contribution in [2.75, 3.05) is 6.61 Å². The van der Waals surface area contributed by atoms with Gasteiger partial charge in [-0.1, -0.05) is 35.3 Å². The number of hydrogen-bond donors (Lipinski definition) is 2. The fourth-order valence-electron chi connectivity index (χ4n) is 3.08. The van der Waals surface area contributed by atoms with E-state index in [2.05, 4.69) is 4.98 Å². The molecule has 0 amide bonds. The van der Waals surface area contributed by atoms with E-state index in [-0.39, 0.29) is 11.3 Å². The van der Waals surface area contributed by atoms with Crippen molar-refractivity contribution in [2.45, 2.75) is 19.5 Å². The van der Waals surface area contributed by atoms with Gasteiger partial charge in [0.15, 0.2) is 0 Å². The van der Waals surface area contributed by atoms with Gasteiger partial charge in [-0.2, -0.15) is 13.2 Å². The molecule has 0 fully saturated rings. The van der Waals surface area contributed by atoms with Crippen LogP contribution in [-0.4, -0.2) is 28.8 Å². The lowest BCUT2D eigenvalue weighted by atomic mass is 9.97. The highest BCUT2D eigenvalue weighted by Gasteiger charge is 2.27. The molecule has 0 aliphatic rings. The van der Waals surface area contributed by atoms with Gasteiger partial charge in [0.1, 0.15) is 5.75 Å². The molecule has 0 unspecified atom stereocenters. The van der Waals surface area contributed by atoms with Gasteiger partial charge in [-0.15, -0.1) is 0 Å². The summed E-state index contributed by atoms with van der Waals surface area (Å²) in [5.41, 5.74) is 2.52. The third-order valence-electron chi connectivity index (χ3n) is 4.40. The van der Waals surface area contributed by atoms with E-state index in [1.54, 1.807) is 37.3 Å². The summed E-state index contributed by atoms with van der Waals surface area (Å²) < 4.78 is 41.9. The van der Waals surface area contributed by atoms with Crippen molar-refractivity contribution in [2.24, 2.45) is 0 Å². The van der Waals surface area contributed by atoms with Crippen molar-refractivity contribution >= 4 is 29.2 Å². The van der Waals surface area contributed by atoms with Gasteiger partial charge in [0.2, 0.25) is 0 Å². The third kappa shape index (κ3) is 4.91. The highest BCUT2D eigenvalue weighted by Crippen LogP contribution is 2.40. The van der Waals surface area contributed by atoms with E-state index in [0.717, 1.165) is 0 Å². The van der Waals surface area contributed by atoms with Gasteiger partial charge in [0, 0.05) is 21.8 Å². The Morgan fingerprint density at radius 2 is 1.80 bits per heavy atom. The van der Waals surface area contributed by atoms with E-state index >= 15 is 0 Å². The van der Waals surface area contributed by atoms with Crippen LogP contribution in [0.4, 0.5) is 13.2 Å². The summed E-state index contributed by atoms with van der Waals surface area (Å²) in [6, 6.07) is 11.0. The van der Waals surface area contributed by atoms with Crippen LogP contribution in [0.25, 0.3) is 22.4 Å². The Bertz CT molecular complexity index is 1080. The Balaban J connectivity index is 2.01. The summed E-state index contributed by atoms with van der Waals surface area (Å²) in [7, 11) is 0. The first-order valence-electron chi connectivity index (χ1n) is 8.78. The largest absolute Gasteiger partial charge is 0.493 e. The highest BCUT2D eigenvalue weighted by molar-refractivity contribution is 6.36. The normalized spacial score (nSPS) is 11.5. The quantitative estimate of drug-likeness (QED) is 0.419. The van der Waals surface area contributed by atoms with Crippen LogP contribution in [-0.2, 0) is 0 Å². The number of rotatable bonds is 6. The van der Waals surface area contributed by atoms with E-state index < -0.39 is 25.2 Å². The van der Waals surface area contributed by atoms with E-state index in [1.165, 1.54) is 12.1 Å². The number of carboxylic acid groups (broad SMARTS) is 1. The van der Waals surface area contributed by atoms with Crippen LogP contribution < -0.4 is 4.74 Å². The molecule has 0 spiro atoms. The maximum atomic E-state index is 12.3. The number of ether oxygens (including phenoxy) is 1. The van der Waals surface area contributed by atoms with E-state index in [1.807, 2.05) is 0 Å². The molecule has 0 saturated heterocycles. The zero-order valence-corrected chi connectivity index (χ0v) is 17.1. The van der Waals surface area contributed by atoms with Crippen LogP contribution in [0, 0.1) is 6.92 Å². The van der Waals surface area contributed by atoms with Crippen LogP contribution in [0.2, 0.25) is 10.0 Å². The number of hydrogen-bond acceptors (Lipinski definition) is 2. The molecule has 0 radical (unpaired) electrons. The lowest BCUT2D eigenvalue weighted by Crippen LogP contribution is -2.12. The number of aromatic carboxylic acids is 1. The number of aryl methyl sites for hydroxylation is 1. The number of alkyl halides is 3. The average Bonchev–Trinajstić information content (AvgIpc) is 2.98. The summed E-state index contributed by atoms with van der Waals surface area (Å²) in [4.78, 5) is 15.0. The highest BCUT2D eigenvalue weighted by atomic mass is 35.5. The minimum absolute atomic E-state index is 0.0711. The molecule has 9 heteroatoms. The van der Waals surface area contributed by atoms with Crippen molar-refractivity contribution in [1.29, 1.82) is 0 Å². The first kappa shape index (κ1) is 22.1. The van der Waals surface area contributed by atoms with E-state index in [4.69, 9.17) is 27.9 Å². The van der Waals surface area contributed by atoms with Gasteiger partial charge >= 0.3 is 12.1 Å². The van der Waals surface area contributed by atoms with E-state index in [9.17, 15) is 23.1 Å². The first-order valence-corrected chi connectivity index (χ1v) is 9.53. The molecule has 3 aromatic rings. The van der Waals surface area contributed by atoms with Gasteiger partial charge in [0.25, 0.3) is 0 Å². The van der Waals surface area contributed by atoms with Crippen LogP contribution in [0.3, 0.4) is 0 Å². The van der Waals surface area contributed by atoms with Gasteiger partial charge in [-0.25, -0.2) is 4.79 Å². The predicted octanol–water partition coefficient (Wildman–Crippen LogP) is 6.99. The Hall–Kier alpha value is -2.64. The maximum Gasteiger partial charge on any atom is 0.392 e. The van der Waals surface area contributed by atoms with E-state index in [0.29, 0.717) is 38.1 Å². The standard InChI is InChI=1S/C21H16Cl2F3NO3/c1-11-17(20(28)29)18(19(27-11)15-7-4-13(22)10-16(15)23)12-2-5-14(6-3-12)30-9-8-21(24,25)26/h2-7,10,27H,8-9H2,1H3,(H,28,29). The first-order chi connectivity index (χ1) is 14.1. The molecular weight excluding hydrogens is 442 g/mol. The third-order valence-corrected chi connectivity index (χ3v) is 4.95. The van der Waals surface area contributed by atoms with Crippen LogP contribution in [0.15, 0.2) is 42.5 Å². The average molecular weight is 458 g/mol. The van der Waals surface area contributed by atoms with Crippen molar-refractivity contribution in [1.82, 2.24) is 4.98 Å². The molecule has 1 aromatic heterocycles. The number of aromatic nitrogens is 1. The molecule has 1 heterocycles. The van der Waals surface area contributed by atoms with Gasteiger partial charge < -0.3 is 14.8 Å². The van der Waals surface area contributed by atoms with Gasteiger partial charge in [0.05, 0.1) is 29.3 Å². The number of benzene rings is 2. The Kier molecular flexibility index (Phi) is 6.33. The molecule has 3 rings (SSSR count). The lowest BCUT2D eigenvalue weighted by molar-refractivity contribution is -0.139. The second-order valence-corrected chi connectivity index (χ2v) is 7.39. The Morgan fingerprint density at radius 3 is 2.37 bits per heavy atom. The smallest absolute Gasteiger partial charge is 0.392 e. The predicted molar refractivity (Wildman–Crippen MR) is 110 cm³/mol. The monoisotopic (exact) mass is 457 g/mol. The zero-order valence-electron chi connectivity index (χ0n) is 15.6. The number of carboxylic acids is 1. The number of halogens is 5. The molecule has 2 aromatic carbocycles. The fraction of sp³-hybridized carbons (Fsp3) is 0.190. The molecule has 0 bridgehead atoms. The summed E-state index contributed by atoms with van der Waals surface area (Å²) in [6.07, 6.45) is -5.36. The minimum Gasteiger partial charge on any atom is -0.493 e. The summed E-state index contributed by atoms with van der Waals surface area (Å²) in [5.74, 6) is -0.876. The molecule has 0 aliphatic heterocycles. The van der Waals surface area contributed by atoms with Crippen LogP contribution in [0.1, 0.15) is 22.5 Å². The van der Waals surface area contributed by atoms with Crippen LogP contribution >= 0.6 is 23.2 Å². The minimum atomic E-state index is -4.30. The van der Waals surface area contributed by atoms with Crippen LogP contribution in [0.5, 0.6) is 5.75 Å².